The van der Waals surface area contributed by atoms with Crippen LogP contribution >= 0.6 is 11.3 Å². The van der Waals surface area contributed by atoms with Crippen LogP contribution in [0.3, 0.4) is 0 Å². The third-order valence-electron chi connectivity index (χ3n) is 4.11. The van der Waals surface area contributed by atoms with Crippen molar-refractivity contribution in [3.63, 3.8) is 0 Å². The van der Waals surface area contributed by atoms with E-state index in [1.165, 1.54) is 0 Å². The van der Waals surface area contributed by atoms with E-state index in [9.17, 15) is 9.59 Å². The maximum atomic E-state index is 12.8. The number of benzene rings is 1. The van der Waals surface area contributed by atoms with Crippen molar-refractivity contribution in [3.05, 3.63) is 62.6 Å². The number of carbonyl (C=O) groups is 1. The first-order chi connectivity index (χ1) is 10.7. The fourth-order valence-electron chi connectivity index (χ4n) is 3.06. The van der Waals surface area contributed by atoms with Crippen LogP contribution in [-0.4, -0.2) is 10.5 Å². The first-order valence-electron chi connectivity index (χ1n) is 7.02. The summed E-state index contributed by atoms with van der Waals surface area (Å²) in [6, 6.07) is 11.4. The van der Waals surface area contributed by atoms with Crippen molar-refractivity contribution in [1.29, 1.82) is 0 Å². The average molecular weight is 311 g/mol. The number of ether oxygens (including phenoxy) is 1. The lowest BCUT2D eigenvalue weighted by molar-refractivity contribution is -0.135. The highest BCUT2D eigenvalue weighted by atomic mass is 32.1. The van der Waals surface area contributed by atoms with E-state index in [0.717, 1.165) is 15.8 Å². The van der Waals surface area contributed by atoms with Crippen LogP contribution in [0.4, 0.5) is 0 Å². The number of thiophene rings is 1. The average Bonchev–Trinajstić information content (AvgIpc) is 3.06. The zero-order valence-corrected chi connectivity index (χ0v) is 12.7. The molecule has 0 radical (unpaired) electrons. The molecule has 3 aromatic rings. The van der Waals surface area contributed by atoms with Gasteiger partial charge in [-0.05, 0) is 23.6 Å². The predicted molar refractivity (Wildman–Crippen MR) is 85.6 cm³/mol. The first-order valence-corrected chi connectivity index (χ1v) is 7.90. The van der Waals surface area contributed by atoms with Crippen LogP contribution in [0.5, 0.6) is 5.75 Å². The fourth-order valence-corrected chi connectivity index (χ4v) is 3.90. The van der Waals surface area contributed by atoms with Crippen molar-refractivity contribution in [3.8, 4) is 5.75 Å². The zero-order valence-electron chi connectivity index (χ0n) is 11.9. The molecule has 0 bridgehead atoms. The van der Waals surface area contributed by atoms with Crippen molar-refractivity contribution in [1.82, 2.24) is 4.57 Å². The molecule has 3 heterocycles. The SMILES string of the molecule is Cn1c(=O)c2c(c3ccccc31)OC(=O)C[C@@H]2c1cccs1. The van der Waals surface area contributed by atoms with Gasteiger partial charge in [0.25, 0.3) is 5.56 Å². The maximum absolute atomic E-state index is 12.8. The summed E-state index contributed by atoms with van der Waals surface area (Å²) < 4.78 is 7.09. The van der Waals surface area contributed by atoms with Gasteiger partial charge in [0.2, 0.25) is 0 Å². The minimum atomic E-state index is -0.288. The fraction of sp³-hybridized carbons (Fsp3) is 0.176. The Balaban J connectivity index is 2.11. The summed E-state index contributed by atoms with van der Waals surface area (Å²) in [5, 5.41) is 2.76. The van der Waals surface area contributed by atoms with Crippen LogP contribution in [-0.2, 0) is 11.8 Å². The Morgan fingerprint density at radius 3 is 2.77 bits per heavy atom. The maximum Gasteiger partial charge on any atom is 0.312 e. The second kappa shape index (κ2) is 4.81. The number of rotatable bonds is 1. The number of fused-ring (bicyclic) bond motifs is 3. The molecule has 0 N–H and O–H groups in total. The number of carbonyl (C=O) groups excluding carboxylic acids is 1. The Hall–Kier alpha value is -2.40. The Kier molecular flexibility index (Phi) is 2.90. The standard InChI is InChI=1S/C17H13NO3S/c1-18-12-6-3-2-5-10(12)16-15(17(18)20)11(9-14(19)21-16)13-7-4-8-22-13/h2-8,11H,9H2,1H3/t11-/m1/s1. The summed E-state index contributed by atoms with van der Waals surface area (Å²) in [7, 11) is 1.76. The monoisotopic (exact) mass is 311 g/mol. The number of nitrogens with zero attached hydrogens (tertiary/aromatic N) is 1. The molecular weight excluding hydrogens is 298 g/mol. The molecule has 0 unspecified atom stereocenters. The van der Waals surface area contributed by atoms with Crippen LogP contribution in [0.2, 0.25) is 0 Å². The number of esters is 1. The van der Waals surface area contributed by atoms with Crippen LogP contribution in [0.15, 0.2) is 46.6 Å². The number of hydrogen-bond acceptors (Lipinski definition) is 4. The highest BCUT2D eigenvalue weighted by molar-refractivity contribution is 7.10. The second-order valence-corrected chi connectivity index (χ2v) is 6.35. The summed E-state index contributed by atoms with van der Waals surface area (Å²) in [4.78, 5) is 25.9. The molecule has 1 aliphatic heterocycles. The van der Waals surface area contributed by atoms with Crippen molar-refractivity contribution >= 4 is 28.2 Å². The Morgan fingerprint density at radius 1 is 1.18 bits per heavy atom. The van der Waals surface area contributed by atoms with Crippen LogP contribution < -0.4 is 10.3 Å². The van der Waals surface area contributed by atoms with Crippen molar-refractivity contribution in [2.75, 3.05) is 0 Å². The summed E-state index contributed by atoms with van der Waals surface area (Å²) in [6.45, 7) is 0. The second-order valence-electron chi connectivity index (χ2n) is 5.37. The molecule has 110 valence electrons. The molecule has 5 heteroatoms. The van der Waals surface area contributed by atoms with Crippen molar-refractivity contribution in [2.24, 2.45) is 7.05 Å². The molecule has 1 atom stereocenters. The number of aromatic nitrogens is 1. The molecule has 0 aliphatic carbocycles. The van der Waals surface area contributed by atoms with E-state index in [1.54, 1.807) is 23.0 Å². The highest BCUT2D eigenvalue weighted by Gasteiger charge is 2.33. The predicted octanol–water partition coefficient (Wildman–Crippen LogP) is 3.04. The summed E-state index contributed by atoms with van der Waals surface area (Å²) in [5.74, 6) is -0.0859. The van der Waals surface area contributed by atoms with E-state index >= 15 is 0 Å². The molecule has 0 amide bonds. The molecule has 0 saturated carbocycles. The van der Waals surface area contributed by atoms with E-state index in [4.69, 9.17) is 4.74 Å². The van der Waals surface area contributed by atoms with Gasteiger partial charge in [-0.25, -0.2) is 0 Å². The van der Waals surface area contributed by atoms with E-state index < -0.39 is 0 Å². The smallest absolute Gasteiger partial charge is 0.312 e. The van der Waals surface area contributed by atoms with Crippen molar-refractivity contribution < 1.29 is 9.53 Å². The van der Waals surface area contributed by atoms with E-state index in [2.05, 4.69) is 0 Å². The Labute approximate surface area is 130 Å². The number of para-hydroxylation sites is 1. The Morgan fingerprint density at radius 2 is 2.00 bits per heavy atom. The number of hydrogen-bond donors (Lipinski definition) is 0. The summed E-state index contributed by atoms with van der Waals surface area (Å²) in [5.41, 5.74) is 1.26. The van der Waals surface area contributed by atoms with Crippen molar-refractivity contribution in [2.45, 2.75) is 12.3 Å². The topological polar surface area (TPSA) is 48.3 Å². The van der Waals surface area contributed by atoms with Gasteiger partial charge in [-0.2, -0.15) is 0 Å². The van der Waals surface area contributed by atoms with Crippen LogP contribution in [0, 0.1) is 0 Å². The van der Waals surface area contributed by atoms with Crippen LogP contribution in [0.1, 0.15) is 22.8 Å². The molecule has 4 nitrogen and oxygen atoms in total. The minimum Gasteiger partial charge on any atom is -0.425 e. The van der Waals surface area contributed by atoms with E-state index in [1.807, 2.05) is 41.8 Å². The van der Waals surface area contributed by atoms with Gasteiger partial charge >= 0.3 is 5.97 Å². The summed E-state index contributed by atoms with van der Waals surface area (Å²) in [6.07, 6.45) is 0.209. The molecule has 1 aliphatic rings. The largest absolute Gasteiger partial charge is 0.425 e. The van der Waals surface area contributed by atoms with Gasteiger partial charge in [-0.1, -0.05) is 18.2 Å². The van der Waals surface area contributed by atoms with E-state index in [-0.39, 0.29) is 23.9 Å². The molecule has 2 aromatic heterocycles. The van der Waals surface area contributed by atoms with Crippen LogP contribution in [0.25, 0.3) is 10.9 Å². The lowest BCUT2D eigenvalue weighted by atomic mass is 9.91. The van der Waals surface area contributed by atoms with Gasteiger partial charge in [-0.3, -0.25) is 9.59 Å². The van der Waals surface area contributed by atoms with E-state index in [0.29, 0.717) is 11.3 Å². The normalized spacial score (nSPS) is 17.3. The molecule has 22 heavy (non-hydrogen) atoms. The minimum absolute atomic E-state index is 0.0976. The molecule has 0 spiro atoms. The zero-order chi connectivity index (χ0) is 15.3. The third kappa shape index (κ3) is 1.82. The van der Waals surface area contributed by atoms with Gasteiger partial charge in [-0.15, -0.1) is 11.3 Å². The van der Waals surface area contributed by atoms with Gasteiger partial charge in [0.05, 0.1) is 17.5 Å². The lowest BCUT2D eigenvalue weighted by Gasteiger charge is -2.25. The van der Waals surface area contributed by atoms with Gasteiger partial charge in [0.15, 0.2) is 0 Å². The highest BCUT2D eigenvalue weighted by Crippen LogP contribution is 2.41. The van der Waals surface area contributed by atoms with Gasteiger partial charge in [0, 0.05) is 23.2 Å². The lowest BCUT2D eigenvalue weighted by Crippen LogP contribution is -2.31. The summed E-state index contributed by atoms with van der Waals surface area (Å²) >= 11 is 1.56. The molecule has 0 fully saturated rings. The quantitative estimate of drug-likeness (QED) is 0.649. The number of aryl methyl sites for hydroxylation is 1. The molecule has 0 saturated heterocycles. The molecule has 4 rings (SSSR count). The Bertz CT molecular complexity index is 940. The third-order valence-corrected chi connectivity index (χ3v) is 5.10. The number of pyridine rings is 1. The van der Waals surface area contributed by atoms with Gasteiger partial charge < -0.3 is 9.30 Å². The molecule has 1 aromatic carbocycles. The molecular formula is C17H13NO3S. The van der Waals surface area contributed by atoms with Gasteiger partial charge in [0.1, 0.15) is 5.75 Å². The first kappa shape index (κ1) is 13.3.